The van der Waals surface area contributed by atoms with Gasteiger partial charge in [0, 0.05) is 32.3 Å². The fraction of sp³-hybridized carbons (Fsp3) is 0.545. The van der Waals surface area contributed by atoms with E-state index in [0.29, 0.717) is 5.56 Å². The van der Waals surface area contributed by atoms with E-state index in [1.165, 1.54) is 12.7 Å². The van der Waals surface area contributed by atoms with Gasteiger partial charge in [-0.1, -0.05) is 0 Å². The number of hydrogen-bond donors (Lipinski definition) is 1. The van der Waals surface area contributed by atoms with Gasteiger partial charge in [-0.05, 0) is 58.1 Å². The quantitative estimate of drug-likeness (QED) is 0.815. The van der Waals surface area contributed by atoms with E-state index >= 15 is 0 Å². The summed E-state index contributed by atoms with van der Waals surface area (Å²) in [5.41, 5.74) is 2.55. The van der Waals surface area contributed by atoms with E-state index in [2.05, 4.69) is 15.0 Å². The van der Waals surface area contributed by atoms with Gasteiger partial charge >= 0.3 is 6.09 Å². The maximum Gasteiger partial charge on any atom is 0.410 e. The third kappa shape index (κ3) is 4.47. The molecule has 2 aliphatic heterocycles. The first-order chi connectivity index (χ1) is 14.5. The summed E-state index contributed by atoms with van der Waals surface area (Å²) in [4.78, 5) is 38.2. The first-order valence-electron chi connectivity index (χ1n) is 10.7. The van der Waals surface area contributed by atoms with Gasteiger partial charge in [-0.3, -0.25) is 9.78 Å². The highest BCUT2D eigenvalue weighted by molar-refractivity contribution is 5.68. The summed E-state index contributed by atoms with van der Waals surface area (Å²) in [6, 6.07) is 3.91. The number of nitrogens with zero attached hydrogens (tertiary/aromatic N) is 4. The van der Waals surface area contributed by atoms with Crippen molar-refractivity contribution in [2.75, 3.05) is 24.5 Å². The highest BCUT2D eigenvalue weighted by atomic mass is 16.6. The second-order valence-electron chi connectivity index (χ2n) is 8.42. The van der Waals surface area contributed by atoms with Crippen molar-refractivity contribution in [3.05, 3.63) is 46.3 Å². The van der Waals surface area contributed by atoms with Crippen LogP contribution in [-0.4, -0.2) is 51.2 Å². The van der Waals surface area contributed by atoms with E-state index in [-0.39, 0.29) is 17.3 Å². The van der Waals surface area contributed by atoms with E-state index in [4.69, 9.17) is 4.74 Å². The van der Waals surface area contributed by atoms with E-state index in [1.54, 1.807) is 13.1 Å². The van der Waals surface area contributed by atoms with Gasteiger partial charge in [0.1, 0.15) is 11.4 Å². The lowest BCUT2D eigenvalue weighted by Gasteiger charge is -2.27. The van der Waals surface area contributed by atoms with E-state index in [9.17, 15) is 9.59 Å². The molecule has 4 heterocycles. The lowest BCUT2D eigenvalue weighted by Crippen LogP contribution is -2.37. The molecule has 1 N–H and O–H groups in total. The van der Waals surface area contributed by atoms with Gasteiger partial charge in [-0.25, -0.2) is 9.78 Å². The lowest BCUT2D eigenvalue weighted by molar-refractivity contribution is 0.0537. The summed E-state index contributed by atoms with van der Waals surface area (Å²) in [5, 5.41) is 0. The molecule has 8 nitrogen and oxygen atoms in total. The molecule has 8 heteroatoms. The second kappa shape index (κ2) is 8.45. The molecule has 1 saturated carbocycles. The maximum atomic E-state index is 11.6. The first-order valence-corrected chi connectivity index (χ1v) is 10.7. The molecule has 2 fully saturated rings. The minimum Gasteiger partial charge on any atom is -0.443 e. The van der Waals surface area contributed by atoms with Crippen LogP contribution >= 0.6 is 0 Å². The molecular weight excluding hydrogens is 382 g/mol. The van der Waals surface area contributed by atoms with Gasteiger partial charge in [0.15, 0.2) is 0 Å². The zero-order chi connectivity index (χ0) is 21.1. The average molecular weight is 412 g/mol. The Hall–Kier alpha value is -2.90. The highest BCUT2D eigenvalue weighted by Gasteiger charge is 2.42. The monoisotopic (exact) mass is 411 g/mol. The number of carbonyl (C=O) groups excluding carboxylic acids is 1. The molecule has 0 unspecified atom stereocenters. The van der Waals surface area contributed by atoms with Crippen LogP contribution in [0.3, 0.4) is 0 Å². The molecule has 1 aliphatic carbocycles. The Bertz CT molecular complexity index is 963. The van der Waals surface area contributed by atoms with Gasteiger partial charge in [0.2, 0.25) is 0 Å². The van der Waals surface area contributed by atoms with Crippen LogP contribution in [0.25, 0.3) is 0 Å². The van der Waals surface area contributed by atoms with Gasteiger partial charge in [-0.15, -0.1) is 0 Å². The molecule has 30 heavy (non-hydrogen) atoms. The van der Waals surface area contributed by atoms with Crippen LogP contribution in [0.5, 0.6) is 0 Å². The van der Waals surface area contributed by atoms with Crippen LogP contribution in [0.1, 0.15) is 50.3 Å². The number of carbonyl (C=O) groups is 1. The molecule has 5 rings (SSSR count). The van der Waals surface area contributed by atoms with Gasteiger partial charge in [0.05, 0.1) is 23.3 Å². The summed E-state index contributed by atoms with van der Waals surface area (Å²) in [6.07, 6.45) is 9.61. The van der Waals surface area contributed by atoms with Crippen LogP contribution in [-0.2, 0) is 11.2 Å². The summed E-state index contributed by atoms with van der Waals surface area (Å²) in [6.45, 7) is 6.39. The van der Waals surface area contributed by atoms with E-state index < -0.39 is 0 Å². The second-order valence-corrected chi connectivity index (χ2v) is 8.42. The van der Waals surface area contributed by atoms with E-state index in [1.807, 2.05) is 28.9 Å². The van der Waals surface area contributed by atoms with E-state index in [0.717, 1.165) is 68.9 Å². The Morgan fingerprint density at radius 1 is 1.17 bits per heavy atom. The molecule has 0 atom stereocenters. The zero-order valence-electron chi connectivity index (χ0n) is 17.7. The molecule has 160 valence electrons. The van der Waals surface area contributed by atoms with Gasteiger partial charge in [-0.2, -0.15) is 0 Å². The van der Waals surface area contributed by atoms with Gasteiger partial charge < -0.3 is 19.5 Å². The normalized spacial score (nSPS) is 18.9. The summed E-state index contributed by atoms with van der Waals surface area (Å²) in [7, 11) is 0. The van der Waals surface area contributed by atoms with Gasteiger partial charge in [0.25, 0.3) is 5.56 Å². The molecule has 0 spiro atoms. The number of aromatic nitrogens is 3. The number of H-pyrrole nitrogens is 1. The van der Waals surface area contributed by atoms with Crippen molar-refractivity contribution in [1.82, 2.24) is 19.9 Å². The van der Waals surface area contributed by atoms with Crippen LogP contribution in [0.4, 0.5) is 16.3 Å². The van der Waals surface area contributed by atoms with Crippen molar-refractivity contribution in [2.45, 2.75) is 58.0 Å². The number of rotatable bonds is 2. The summed E-state index contributed by atoms with van der Waals surface area (Å²) in [5.74, 6) is 0.723. The SMILES string of the molecule is CC1(OC(=O)N2CCCCC2)CC1.Cc1c(N2CCc3ncccc32)nc[nH]c1=O. The molecule has 1 saturated heterocycles. The van der Waals surface area contributed by atoms with Crippen molar-refractivity contribution in [3.63, 3.8) is 0 Å². The number of ether oxygens (including phenoxy) is 1. The predicted molar refractivity (Wildman–Crippen MR) is 114 cm³/mol. The largest absolute Gasteiger partial charge is 0.443 e. The zero-order valence-corrected chi connectivity index (χ0v) is 17.7. The maximum absolute atomic E-state index is 11.6. The van der Waals surface area contributed by atoms with Crippen molar-refractivity contribution < 1.29 is 9.53 Å². The molecule has 0 radical (unpaired) electrons. The molecule has 3 aliphatic rings. The molecule has 1 amide bonds. The Kier molecular flexibility index (Phi) is 5.74. The molecule has 0 bridgehead atoms. The van der Waals surface area contributed by atoms with Crippen molar-refractivity contribution in [2.24, 2.45) is 0 Å². The topological polar surface area (TPSA) is 91.4 Å². The van der Waals surface area contributed by atoms with Crippen molar-refractivity contribution in [1.29, 1.82) is 0 Å². The van der Waals surface area contributed by atoms with Crippen LogP contribution in [0, 0.1) is 6.92 Å². The number of pyridine rings is 1. The Morgan fingerprint density at radius 3 is 2.67 bits per heavy atom. The third-order valence-corrected chi connectivity index (χ3v) is 5.95. The Labute approximate surface area is 176 Å². The number of likely N-dealkylation sites (tertiary alicyclic amines) is 1. The van der Waals surface area contributed by atoms with Crippen LogP contribution < -0.4 is 10.5 Å². The number of hydrogen-bond acceptors (Lipinski definition) is 6. The van der Waals surface area contributed by atoms with Crippen LogP contribution in [0.15, 0.2) is 29.5 Å². The number of aromatic amines is 1. The fourth-order valence-corrected chi connectivity index (χ4v) is 3.79. The minimum atomic E-state index is -0.117. The minimum absolute atomic E-state index is 0.0904. The predicted octanol–water partition coefficient (Wildman–Crippen LogP) is 3.33. The first kappa shape index (κ1) is 20.4. The van der Waals surface area contributed by atoms with Crippen LogP contribution in [0.2, 0.25) is 0 Å². The molecule has 2 aromatic rings. The standard InChI is InChI=1S/C12H12N4O.C10H17NO2/c1-8-11(14-7-15-12(8)17)16-6-4-9-10(16)3-2-5-13-9;1-10(5-6-10)13-9(12)11-7-3-2-4-8-11/h2-3,5,7H,4,6H2,1H3,(H,14,15,17);2-8H2,1H3. The molecular formula is C22H29N5O3. The summed E-state index contributed by atoms with van der Waals surface area (Å²) >= 11 is 0. The number of piperidine rings is 1. The number of fused-ring (bicyclic) bond motifs is 1. The lowest BCUT2D eigenvalue weighted by atomic mass is 10.1. The third-order valence-electron chi connectivity index (χ3n) is 5.95. The number of nitrogens with one attached hydrogen (secondary N) is 1. The average Bonchev–Trinajstić information content (AvgIpc) is 3.33. The Morgan fingerprint density at radius 2 is 1.93 bits per heavy atom. The number of amides is 1. The Balaban J connectivity index is 0.000000151. The highest BCUT2D eigenvalue weighted by Crippen LogP contribution is 2.39. The number of anilines is 2. The summed E-state index contributed by atoms with van der Waals surface area (Å²) < 4.78 is 5.38. The van der Waals surface area contributed by atoms with Crippen molar-refractivity contribution in [3.8, 4) is 0 Å². The smallest absolute Gasteiger partial charge is 0.410 e. The molecule has 0 aromatic carbocycles. The molecule has 2 aromatic heterocycles. The van der Waals surface area contributed by atoms with Crippen molar-refractivity contribution >= 4 is 17.6 Å². The fourth-order valence-electron chi connectivity index (χ4n) is 3.79.